The van der Waals surface area contributed by atoms with Crippen LogP contribution in [0.4, 0.5) is 0 Å². The molecule has 0 spiro atoms. The molecule has 92 valence electrons. The first-order valence-corrected chi connectivity index (χ1v) is 5.90. The number of aromatic nitrogens is 2. The van der Waals surface area contributed by atoms with Gasteiger partial charge >= 0.3 is 5.97 Å². The highest BCUT2D eigenvalue weighted by Gasteiger charge is 2.62. The minimum atomic E-state index is -0.729. The minimum Gasteiger partial charge on any atom is -0.481 e. The standard InChI is InChI=1S/C13H18N2O2/c1-7(2)11-14-5-8(6-15-11)9-10(12(16)17)13(9,3)4/h5-7,9-10H,1-4H3,(H,16,17)/t9-,10+/m0/s1. The van der Waals surface area contributed by atoms with Crippen LogP contribution in [0.25, 0.3) is 0 Å². The molecule has 1 heterocycles. The van der Waals surface area contributed by atoms with Crippen LogP contribution in [0.3, 0.4) is 0 Å². The van der Waals surface area contributed by atoms with E-state index in [1.54, 1.807) is 12.4 Å². The molecule has 0 amide bonds. The van der Waals surface area contributed by atoms with Crippen molar-refractivity contribution in [3.05, 3.63) is 23.8 Å². The van der Waals surface area contributed by atoms with Crippen LogP contribution in [0.15, 0.2) is 12.4 Å². The summed E-state index contributed by atoms with van der Waals surface area (Å²) in [5.74, 6) is 0.107. The highest BCUT2D eigenvalue weighted by molar-refractivity contribution is 5.77. The first-order chi connectivity index (χ1) is 7.85. The quantitative estimate of drug-likeness (QED) is 0.872. The molecule has 0 unspecified atom stereocenters. The Kier molecular flexibility index (Phi) is 2.68. The third-order valence-corrected chi connectivity index (χ3v) is 3.66. The second kappa shape index (κ2) is 3.79. The van der Waals surface area contributed by atoms with E-state index in [1.807, 2.05) is 27.7 Å². The Hall–Kier alpha value is -1.45. The zero-order chi connectivity index (χ0) is 12.8. The SMILES string of the molecule is CC(C)c1ncc([C@H]2[C@H](C(=O)O)C2(C)C)cn1. The highest BCUT2D eigenvalue weighted by atomic mass is 16.4. The van der Waals surface area contributed by atoms with Gasteiger partial charge in [-0.1, -0.05) is 27.7 Å². The third kappa shape index (κ3) is 1.92. The Labute approximate surface area is 101 Å². The molecule has 1 aliphatic carbocycles. The highest BCUT2D eigenvalue weighted by Crippen LogP contribution is 2.64. The van der Waals surface area contributed by atoms with E-state index in [1.165, 1.54) is 0 Å². The van der Waals surface area contributed by atoms with Crippen LogP contribution in [0.1, 0.15) is 50.9 Å². The van der Waals surface area contributed by atoms with Crippen molar-refractivity contribution in [3.63, 3.8) is 0 Å². The predicted octanol–water partition coefficient (Wildman–Crippen LogP) is 2.42. The summed E-state index contributed by atoms with van der Waals surface area (Å²) in [6, 6.07) is 0. The normalized spacial score (nSPS) is 25.9. The van der Waals surface area contributed by atoms with Crippen molar-refractivity contribution in [2.45, 2.75) is 39.5 Å². The number of aliphatic carboxylic acids is 1. The molecule has 17 heavy (non-hydrogen) atoms. The minimum absolute atomic E-state index is 0.0428. The summed E-state index contributed by atoms with van der Waals surface area (Å²) in [5.41, 5.74) is 0.751. The largest absolute Gasteiger partial charge is 0.481 e. The number of hydrogen-bond acceptors (Lipinski definition) is 3. The Bertz CT molecular complexity index is 437. The van der Waals surface area contributed by atoms with E-state index in [4.69, 9.17) is 5.11 Å². The van der Waals surface area contributed by atoms with E-state index >= 15 is 0 Å². The fourth-order valence-electron chi connectivity index (χ4n) is 2.53. The molecule has 0 aliphatic heterocycles. The average Bonchev–Trinajstić information content (AvgIpc) is 2.82. The topological polar surface area (TPSA) is 63.1 Å². The van der Waals surface area contributed by atoms with Crippen LogP contribution in [-0.4, -0.2) is 21.0 Å². The van der Waals surface area contributed by atoms with Gasteiger partial charge in [-0.15, -0.1) is 0 Å². The molecule has 0 radical (unpaired) electrons. The van der Waals surface area contributed by atoms with E-state index < -0.39 is 5.97 Å². The van der Waals surface area contributed by atoms with Gasteiger partial charge in [-0.2, -0.15) is 0 Å². The number of carboxylic acids is 1. The van der Waals surface area contributed by atoms with Crippen molar-refractivity contribution in [1.82, 2.24) is 9.97 Å². The van der Waals surface area contributed by atoms with Crippen molar-refractivity contribution in [3.8, 4) is 0 Å². The van der Waals surface area contributed by atoms with Gasteiger partial charge in [0.1, 0.15) is 5.82 Å². The van der Waals surface area contributed by atoms with Gasteiger partial charge in [0, 0.05) is 24.2 Å². The average molecular weight is 234 g/mol. The Morgan fingerprint density at radius 3 is 2.24 bits per heavy atom. The lowest BCUT2D eigenvalue weighted by atomic mass is 10.1. The first kappa shape index (κ1) is 12.0. The lowest BCUT2D eigenvalue weighted by Gasteiger charge is -2.05. The third-order valence-electron chi connectivity index (χ3n) is 3.66. The van der Waals surface area contributed by atoms with Gasteiger partial charge in [0.15, 0.2) is 0 Å². The molecule has 1 fully saturated rings. The molecule has 4 nitrogen and oxygen atoms in total. The van der Waals surface area contributed by atoms with E-state index in [2.05, 4.69) is 9.97 Å². The van der Waals surface area contributed by atoms with Gasteiger partial charge in [0.05, 0.1) is 5.92 Å². The molecule has 1 aromatic rings. The van der Waals surface area contributed by atoms with E-state index in [-0.39, 0.29) is 17.3 Å². The molecule has 1 saturated carbocycles. The molecule has 1 aromatic heterocycles. The van der Waals surface area contributed by atoms with E-state index in [0.717, 1.165) is 11.4 Å². The van der Waals surface area contributed by atoms with Crippen molar-refractivity contribution in [2.24, 2.45) is 11.3 Å². The number of nitrogens with zero attached hydrogens (tertiary/aromatic N) is 2. The van der Waals surface area contributed by atoms with Crippen LogP contribution in [-0.2, 0) is 4.79 Å². The van der Waals surface area contributed by atoms with Crippen LogP contribution in [0.2, 0.25) is 0 Å². The maximum Gasteiger partial charge on any atom is 0.307 e. The number of rotatable bonds is 3. The molecule has 0 saturated heterocycles. The summed E-state index contributed by atoms with van der Waals surface area (Å²) in [5, 5.41) is 9.12. The molecule has 4 heteroatoms. The van der Waals surface area contributed by atoms with Crippen LogP contribution < -0.4 is 0 Å². The molecule has 1 N–H and O–H groups in total. The lowest BCUT2D eigenvalue weighted by molar-refractivity contribution is -0.139. The molecular formula is C13H18N2O2. The van der Waals surface area contributed by atoms with Crippen molar-refractivity contribution in [2.75, 3.05) is 0 Å². The summed E-state index contributed by atoms with van der Waals surface area (Å²) in [6.07, 6.45) is 3.55. The zero-order valence-corrected chi connectivity index (χ0v) is 10.6. The Morgan fingerprint density at radius 2 is 1.88 bits per heavy atom. The van der Waals surface area contributed by atoms with Gasteiger partial charge < -0.3 is 5.11 Å². The second-order valence-corrected chi connectivity index (χ2v) is 5.64. The van der Waals surface area contributed by atoms with E-state index in [9.17, 15) is 4.79 Å². The van der Waals surface area contributed by atoms with Gasteiger partial charge in [-0.3, -0.25) is 4.79 Å². The molecule has 2 rings (SSSR count). The van der Waals surface area contributed by atoms with Crippen LogP contribution in [0.5, 0.6) is 0 Å². The smallest absolute Gasteiger partial charge is 0.307 e. The number of carboxylic acid groups (broad SMARTS) is 1. The molecule has 0 bridgehead atoms. The molecular weight excluding hydrogens is 216 g/mol. The first-order valence-electron chi connectivity index (χ1n) is 5.90. The van der Waals surface area contributed by atoms with Crippen molar-refractivity contribution >= 4 is 5.97 Å². The van der Waals surface area contributed by atoms with Crippen LogP contribution in [0, 0.1) is 11.3 Å². The summed E-state index contributed by atoms with van der Waals surface area (Å²) in [6.45, 7) is 8.03. The summed E-state index contributed by atoms with van der Waals surface area (Å²) in [7, 11) is 0. The van der Waals surface area contributed by atoms with E-state index in [0.29, 0.717) is 5.92 Å². The number of hydrogen-bond donors (Lipinski definition) is 1. The molecule has 1 aliphatic rings. The predicted molar refractivity (Wildman–Crippen MR) is 63.8 cm³/mol. The maximum absolute atomic E-state index is 11.1. The van der Waals surface area contributed by atoms with Crippen molar-refractivity contribution < 1.29 is 9.90 Å². The fraction of sp³-hybridized carbons (Fsp3) is 0.615. The molecule has 0 aromatic carbocycles. The number of carbonyl (C=O) groups is 1. The summed E-state index contributed by atoms with van der Waals surface area (Å²) >= 11 is 0. The van der Waals surface area contributed by atoms with Gasteiger partial charge in [0.2, 0.25) is 0 Å². The van der Waals surface area contributed by atoms with Crippen LogP contribution >= 0.6 is 0 Å². The van der Waals surface area contributed by atoms with Gasteiger partial charge in [-0.05, 0) is 11.0 Å². The van der Waals surface area contributed by atoms with Gasteiger partial charge in [-0.25, -0.2) is 9.97 Å². The summed E-state index contributed by atoms with van der Waals surface area (Å²) in [4.78, 5) is 19.7. The Morgan fingerprint density at radius 1 is 1.35 bits per heavy atom. The Balaban J connectivity index is 2.23. The second-order valence-electron chi connectivity index (χ2n) is 5.64. The monoisotopic (exact) mass is 234 g/mol. The lowest BCUT2D eigenvalue weighted by Crippen LogP contribution is -2.03. The van der Waals surface area contributed by atoms with Gasteiger partial charge in [0.25, 0.3) is 0 Å². The van der Waals surface area contributed by atoms with Crippen molar-refractivity contribution in [1.29, 1.82) is 0 Å². The summed E-state index contributed by atoms with van der Waals surface area (Å²) < 4.78 is 0. The maximum atomic E-state index is 11.1. The molecule has 2 atom stereocenters. The zero-order valence-electron chi connectivity index (χ0n) is 10.6. The fourth-order valence-corrected chi connectivity index (χ4v) is 2.53.